The molecular formula is C15H22N4S. The molecule has 1 N–H and O–H groups in total. The number of nitrogens with one attached hydrogen (secondary N) is 1. The molecule has 2 heterocycles. The summed E-state index contributed by atoms with van der Waals surface area (Å²) in [6.07, 6.45) is 0. The maximum Gasteiger partial charge on any atom is 0.181 e. The van der Waals surface area contributed by atoms with E-state index in [1.54, 1.807) is 11.3 Å². The molecule has 0 saturated carbocycles. The van der Waals surface area contributed by atoms with Crippen LogP contribution in [0.4, 0.5) is 5.82 Å². The third kappa shape index (κ3) is 3.15. The van der Waals surface area contributed by atoms with E-state index < -0.39 is 0 Å². The summed E-state index contributed by atoms with van der Waals surface area (Å²) in [5.74, 6) is 1.90. The molecule has 0 aliphatic rings. The first-order valence-corrected chi connectivity index (χ1v) is 7.72. The highest BCUT2D eigenvalue weighted by atomic mass is 32.1. The summed E-state index contributed by atoms with van der Waals surface area (Å²) < 4.78 is 0. The molecule has 0 aliphatic heterocycles. The van der Waals surface area contributed by atoms with Crippen molar-refractivity contribution in [2.75, 3.05) is 12.4 Å². The van der Waals surface area contributed by atoms with E-state index >= 15 is 0 Å². The van der Waals surface area contributed by atoms with E-state index in [0.29, 0.717) is 11.7 Å². The van der Waals surface area contributed by atoms with Crippen LogP contribution in [0.2, 0.25) is 0 Å². The highest BCUT2D eigenvalue weighted by Gasteiger charge is 2.20. The van der Waals surface area contributed by atoms with Gasteiger partial charge in [0.05, 0.1) is 5.01 Å². The van der Waals surface area contributed by atoms with E-state index in [2.05, 4.69) is 49.9 Å². The Morgan fingerprint density at radius 1 is 1.15 bits per heavy atom. The van der Waals surface area contributed by atoms with Crippen molar-refractivity contribution in [2.24, 2.45) is 0 Å². The first-order valence-electron chi connectivity index (χ1n) is 6.84. The van der Waals surface area contributed by atoms with Gasteiger partial charge in [0.15, 0.2) is 5.82 Å². The maximum absolute atomic E-state index is 4.69. The second-order valence-corrected chi connectivity index (χ2v) is 7.05. The highest BCUT2D eigenvalue weighted by Crippen LogP contribution is 2.29. The molecule has 0 bridgehead atoms. The summed E-state index contributed by atoms with van der Waals surface area (Å²) in [5.41, 5.74) is 1.95. The first kappa shape index (κ1) is 14.9. The van der Waals surface area contributed by atoms with Crippen molar-refractivity contribution in [3.63, 3.8) is 0 Å². The second kappa shape index (κ2) is 5.48. The zero-order chi connectivity index (χ0) is 14.9. The van der Waals surface area contributed by atoms with Crippen molar-refractivity contribution < 1.29 is 0 Å². The molecule has 0 amide bonds. The molecule has 20 heavy (non-hydrogen) atoms. The van der Waals surface area contributed by atoms with Crippen LogP contribution in [0.1, 0.15) is 51.2 Å². The molecule has 2 aromatic rings. The molecule has 0 spiro atoms. The lowest BCUT2D eigenvalue weighted by Gasteiger charge is -2.13. The van der Waals surface area contributed by atoms with Gasteiger partial charge < -0.3 is 5.32 Å². The van der Waals surface area contributed by atoms with Gasteiger partial charge in [0.2, 0.25) is 0 Å². The molecular weight excluding hydrogens is 268 g/mol. The zero-order valence-corrected chi connectivity index (χ0v) is 13.8. The molecule has 108 valence electrons. The number of thiazole rings is 1. The number of aromatic nitrogens is 3. The van der Waals surface area contributed by atoms with Crippen LogP contribution in [0.5, 0.6) is 0 Å². The van der Waals surface area contributed by atoms with Crippen molar-refractivity contribution in [1.29, 1.82) is 0 Å². The molecule has 2 rings (SSSR count). The Kier molecular flexibility index (Phi) is 4.09. The van der Waals surface area contributed by atoms with E-state index in [0.717, 1.165) is 22.2 Å². The van der Waals surface area contributed by atoms with Crippen molar-refractivity contribution in [1.82, 2.24) is 15.0 Å². The Hall–Kier alpha value is -1.49. The van der Waals surface area contributed by atoms with Crippen molar-refractivity contribution >= 4 is 17.2 Å². The molecule has 2 aromatic heterocycles. The van der Waals surface area contributed by atoms with Crippen LogP contribution in [0.15, 0.2) is 11.4 Å². The third-order valence-electron chi connectivity index (χ3n) is 2.97. The molecule has 0 saturated heterocycles. The average molecular weight is 290 g/mol. The van der Waals surface area contributed by atoms with Gasteiger partial charge in [-0.25, -0.2) is 15.0 Å². The minimum Gasteiger partial charge on any atom is -0.373 e. The van der Waals surface area contributed by atoms with Crippen LogP contribution in [0.3, 0.4) is 0 Å². The van der Waals surface area contributed by atoms with Crippen LogP contribution >= 0.6 is 11.3 Å². The Morgan fingerprint density at radius 3 is 2.35 bits per heavy atom. The van der Waals surface area contributed by atoms with Crippen molar-refractivity contribution in [3.8, 4) is 11.5 Å². The first-order chi connectivity index (χ1) is 9.31. The van der Waals surface area contributed by atoms with E-state index in [1.165, 1.54) is 0 Å². The SMILES string of the molecule is CNc1cc(C(C)C)nc(-c2csc(C(C)(C)C)n2)n1. The van der Waals surface area contributed by atoms with Gasteiger partial charge in [0, 0.05) is 29.6 Å². The van der Waals surface area contributed by atoms with Crippen LogP contribution in [-0.2, 0) is 5.41 Å². The lowest BCUT2D eigenvalue weighted by Crippen LogP contribution is -2.10. The number of nitrogens with zero attached hydrogens (tertiary/aromatic N) is 3. The Morgan fingerprint density at radius 2 is 1.85 bits per heavy atom. The predicted octanol–water partition coefficient (Wildman–Crippen LogP) is 4.06. The Labute approximate surface area is 124 Å². The molecule has 0 aromatic carbocycles. The fourth-order valence-electron chi connectivity index (χ4n) is 1.73. The average Bonchev–Trinajstić information content (AvgIpc) is 2.87. The second-order valence-electron chi connectivity index (χ2n) is 6.19. The van der Waals surface area contributed by atoms with Gasteiger partial charge in [-0.3, -0.25) is 0 Å². The number of anilines is 1. The van der Waals surface area contributed by atoms with Crippen LogP contribution in [0.25, 0.3) is 11.5 Å². The standard InChI is InChI=1S/C15H22N4S/c1-9(2)10-7-12(16-6)19-13(17-10)11-8-20-14(18-11)15(3,4)5/h7-9H,1-6H3,(H,16,17,19). The van der Waals surface area contributed by atoms with Gasteiger partial charge in [0.25, 0.3) is 0 Å². The summed E-state index contributed by atoms with van der Waals surface area (Å²) in [6, 6.07) is 1.99. The van der Waals surface area contributed by atoms with E-state index in [9.17, 15) is 0 Å². The van der Waals surface area contributed by atoms with Crippen LogP contribution < -0.4 is 5.32 Å². The monoisotopic (exact) mass is 290 g/mol. The fraction of sp³-hybridized carbons (Fsp3) is 0.533. The van der Waals surface area contributed by atoms with Crippen LogP contribution in [0, 0.1) is 0 Å². The summed E-state index contributed by atoms with van der Waals surface area (Å²) in [6.45, 7) is 10.8. The number of hydrogen-bond acceptors (Lipinski definition) is 5. The van der Waals surface area contributed by atoms with Gasteiger partial charge in [-0.1, -0.05) is 34.6 Å². The third-order valence-corrected chi connectivity index (χ3v) is 4.24. The van der Waals surface area contributed by atoms with Gasteiger partial charge >= 0.3 is 0 Å². The van der Waals surface area contributed by atoms with Gasteiger partial charge in [-0.2, -0.15) is 0 Å². The van der Waals surface area contributed by atoms with Crippen molar-refractivity contribution in [2.45, 2.75) is 46.0 Å². The summed E-state index contributed by atoms with van der Waals surface area (Å²) in [5, 5.41) is 6.24. The smallest absolute Gasteiger partial charge is 0.181 e. The summed E-state index contributed by atoms with van der Waals surface area (Å²) in [7, 11) is 1.87. The van der Waals surface area contributed by atoms with Gasteiger partial charge in [-0.05, 0) is 5.92 Å². The van der Waals surface area contributed by atoms with E-state index in [-0.39, 0.29) is 5.41 Å². The van der Waals surface area contributed by atoms with Crippen molar-refractivity contribution in [3.05, 3.63) is 22.1 Å². The molecule has 0 aliphatic carbocycles. The van der Waals surface area contributed by atoms with Crippen LogP contribution in [-0.4, -0.2) is 22.0 Å². The van der Waals surface area contributed by atoms with Gasteiger partial charge in [-0.15, -0.1) is 11.3 Å². The Balaban J connectivity index is 2.46. The Bertz CT molecular complexity index is 596. The zero-order valence-electron chi connectivity index (χ0n) is 13.0. The molecule has 5 heteroatoms. The summed E-state index contributed by atoms with van der Waals surface area (Å²) >= 11 is 1.67. The minimum absolute atomic E-state index is 0.0599. The number of rotatable bonds is 3. The van der Waals surface area contributed by atoms with Gasteiger partial charge in [0.1, 0.15) is 11.5 Å². The molecule has 4 nitrogen and oxygen atoms in total. The fourth-order valence-corrected chi connectivity index (χ4v) is 2.61. The maximum atomic E-state index is 4.69. The highest BCUT2D eigenvalue weighted by molar-refractivity contribution is 7.10. The minimum atomic E-state index is 0.0599. The van der Waals surface area contributed by atoms with E-state index in [4.69, 9.17) is 4.98 Å². The largest absolute Gasteiger partial charge is 0.373 e. The topological polar surface area (TPSA) is 50.7 Å². The molecule has 0 atom stereocenters. The summed E-state index contributed by atoms with van der Waals surface area (Å²) in [4.78, 5) is 13.9. The quantitative estimate of drug-likeness (QED) is 0.926. The predicted molar refractivity (Wildman–Crippen MR) is 85.5 cm³/mol. The molecule has 0 radical (unpaired) electrons. The number of hydrogen-bond donors (Lipinski definition) is 1. The lowest BCUT2D eigenvalue weighted by atomic mass is 9.98. The lowest BCUT2D eigenvalue weighted by molar-refractivity contribution is 0.586. The van der Waals surface area contributed by atoms with E-state index in [1.807, 2.05) is 18.5 Å². The molecule has 0 fully saturated rings. The molecule has 0 unspecified atom stereocenters. The normalized spacial score (nSPS) is 11.9.